The molecule has 0 bridgehead atoms. The number of aryl methyl sites for hydroxylation is 1. The second-order valence-electron chi connectivity index (χ2n) is 13.9. The number of hydrogen-bond donors (Lipinski definition) is 1. The monoisotopic (exact) mass is 643 g/mol. The SMILES string of the molecule is CCCCCCCCCCCCCCCCCCc1cccc(C(=O)OCCCCCCCCCCCCCCCC)c1C(=O)O. The molecule has 0 amide bonds. The lowest BCUT2D eigenvalue weighted by Crippen LogP contribution is -2.15. The molecular weight excluding hydrogens is 568 g/mol. The number of ether oxygens (including phenoxy) is 1. The maximum Gasteiger partial charge on any atom is 0.339 e. The summed E-state index contributed by atoms with van der Waals surface area (Å²) < 4.78 is 5.51. The van der Waals surface area contributed by atoms with Crippen molar-refractivity contribution in [2.45, 2.75) is 213 Å². The Kier molecular flexibility index (Phi) is 29.1. The van der Waals surface area contributed by atoms with E-state index in [1.165, 1.54) is 167 Å². The predicted molar refractivity (Wildman–Crippen MR) is 197 cm³/mol. The van der Waals surface area contributed by atoms with E-state index in [9.17, 15) is 14.7 Å². The van der Waals surface area contributed by atoms with Crippen molar-refractivity contribution in [1.82, 2.24) is 0 Å². The summed E-state index contributed by atoms with van der Waals surface area (Å²) in [5.41, 5.74) is 1.09. The molecule has 0 heterocycles. The van der Waals surface area contributed by atoms with Crippen molar-refractivity contribution in [1.29, 1.82) is 0 Å². The number of esters is 1. The standard InChI is InChI=1S/C42H74O4/c1-3-5-7-9-11-13-15-17-19-20-21-23-25-27-29-31-34-38-35-33-36-39(40(38)41(43)44)42(45)46-37-32-30-28-26-24-22-18-16-14-12-10-8-6-4-2/h33,35-36H,3-32,34,37H2,1-2H3,(H,43,44). The molecule has 0 fully saturated rings. The summed E-state index contributed by atoms with van der Waals surface area (Å²) in [6.45, 7) is 4.91. The van der Waals surface area contributed by atoms with Crippen LogP contribution in [0, 0.1) is 0 Å². The molecule has 0 spiro atoms. The van der Waals surface area contributed by atoms with Gasteiger partial charge in [0.15, 0.2) is 0 Å². The highest BCUT2D eigenvalue weighted by atomic mass is 16.5. The fourth-order valence-corrected chi connectivity index (χ4v) is 6.63. The first-order valence-electron chi connectivity index (χ1n) is 20.1. The van der Waals surface area contributed by atoms with Crippen LogP contribution >= 0.6 is 0 Å². The third-order valence-electron chi connectivity index (χ3n) is 9.62. The number of benzene rings is 1. The van der Waals surface area contributed by atoms with Crippen molar-refractivity contribution in [2.24, 2.45) is 0 Å². The Morgan fingerprint density at radius 3 is 1.22 bits per heavy atom. The van der Waals surface area contributed by atoms with E-state index in [2.05, 4.69) is 13.8 Å². The van der Waals surface area contributed by atoms with Gasteiger partial charge in [-0.2, -0.15) is 0 Å². The smallest absolute Gasteiger partial charge is 0.339 e. The zero-order valence-electron chi connectivity index (χ0n) is 30.5. The molecule has 1 N–H and O–H groups in total. The van der Waals surface area contributed by atoms with E-state index < -0.39 is 11.9 Å². The molecule has 266 valence electrons. The Balaban J connectivity index is 2.12. The summed E-state index contributed by atoms with van der Waals surface area (Å²) in [5.74, 6) is -1.53. The van der Waals surface area contributed by atoms with Gasteiger partial charge in [0.25, 0.3) is 0 Å². The number of hydrogen-bond acceptors (Lipinski definition) is 3. The summed E-state index contributed by atoms with van der Waals surface area (Å²) in [6.07, 6.45) is 39.7. The molecule has 4 heteroatoms. The molecule has 1 aromatic carbocycles. The fraction of sp³-hybridized carbons (Fsp3) is 0.810. The molecule has 1 aromatic rings. The van der Waals surface area contributed by atoms with E-state index in [-0.39, 0.29) is 11.1 Å². The fourth-order valence-electron chi connectivity index (χ4n) is 6.63. The normalized spacial score (nSPS) is 11.3. The lowest BCUT2D eigenvalue weighted by molar-refractivity contribution is 0.0487. The molecule has 0 aliphatic rings. The topological polar surface area (TPSA) is 63.6 Å². The molecule has 0 atom stereocenters. The van der Waals surface area contributed by atoms with Gasteiger partial charge in [-0.3, -0.25) is 0 Å². The highest BCUT2D eigenvalue weighted by molar-refractivity contribution is 6.03. The van der Waals surface area contributed by atoms with Crippen molar-refractivity contribution in [3.05, 3.63) is 34.9 Å². The van der Waals surface area contributed by atoms with E-state index in [1.54, 1.807) is 12.1 Å². The van der Waals surface area contributed by atoms with Gasteiger partial charge in [-0.1, -0.05) is 206 Å². The lowest BCUT2D eigenvalue weighted by atomic mass is 9.96. The van der Waals surface area contributed by atoms with Gasteiger partial charge in [-0.25, -0.2) is 9.59 Å². The molecule has 0 saturated heterocycles. The van der Waals surface area contributed by atoms with Gasteiger partial charge in [-0.15, -0.1) is 0 Å². The molecule has 1 rings (SSSR count). The predicted octanol–water partition coefficient (Wildman–Crippen LogP) is 13.8. The van der Waals surface area contributed by atoms with E-state index in [1.807, 2.05) is 6.07 Å². The van der Waals surface area contributed by atoms with Crippen LogP contribution in [0.15, 0.2) is 18.2 Å². The van der Waals surface area contributed by atoms with Crippen LogP contribution in [0.25, 0.3) is 0 Å². The average molecular weight is 643 g/mol. The zero-order valence-corrected chi connectivity index (χ0v) is 30.5. The third-order valence-corrected chi connectivity index (χ3v) is 9.62. The molecular formula is C42H74O4. The quantitative estimate of drug-likeness (QED) is 0.0600. The molecule has 0 unspecified atom stereocenters. The van der Waals surface area contributed by atoms with Gasteiger partial charge in [0, 0.05) is 0 Å². The summed E-state index contributed by atoms with van der Waals surface area (Å²) in [6, 6.07) is 5.27. The van der Waals surface area contributed by atoms with Crippen LogP contribution in [-0.4, -0.2) is 23.7 Å². The maximum atomic E-state index is 12.8. The minimum Gasteiger partial charge on any atom is -0.478 e. The number of unbranched alkanes of at least 4 members (excludes halogenated alkanes) is 28. The average Bonchev–Trinajstić information content (AvgIpc) is 3.06. The number of carbonyl (C=O) groups is 2. The highest BCUT2D eigenvalue weighted by Gasteiger charge is 2.21. The Bertz CT molecular complexity index is 848. The first kappa shape index (κ1) is 42.2. The van der Waals surface area contributed by atoms with Crippen LogP contribution in [0.3, 0.4) is 0 Å². The third kappa shape index (κ3) is 23.5. The molecule has 0 aliphatic carbocycles. The van der Waals surface area contributed by atoms with Crippen LogP contribution in [0.5, 0.6) is 0 Å². The van der Waals surface area contributed by atoms with Crippen LogP contribution in [0.2, 0.25) is 0 Å². The Morgan fingerprint density at radius 2 is 0.848 bits per heavy atom. The summed E-state index contributed by atoms with van der Waals surface area (Å²) in [5, 5.41) is 9.93. The van der Waals surface area contributed by atoms with Gasteiger partial charge in [-0.05, 0) is 30.9 Å². The van der Waals surface area contributed by atoms with E-state index in [0.29, 0.717) is 13.0 Å². The second kappa shape index (κ2) is 31.7. The number of aromatic carboxylic acids is 1. The molecule has 46 heavy (non-hydrogen) atoms. The molecule has 0 saturated carbocycles. The first-order valence-corrected chi connectivity index (χ1v) is 20.1. The van der Waals surface area contributed by atoms with Crippen LogP contribution in [0.4, 0.5) is 0 Å². The molecule has 4 nitrogen and oxygen atoms in total. The number of rotatable bonds is 34. The minimum atomic E-state index is -1.03. The summed E-state index contributed by atoms with van der Waals surface area (Å²) in [4.78, 5) is 24.9. The number of carbonyl (C=O) groups excluding carboxylic acids is 1. The van der Waals surface area contributed by atoms with Crippen molar-refractivity contribution in [2.75, 3.05) is 6.61 Å². The van der Waals surface area contributed by atoms with Crippen molar-refractivity contribution in [3.63, 3.8) is 0 Å². The van der Waals surface area contributed by atoms with Crippen molar-refractivity contribution in [3.8, 4) is 0 Å². The maximum absolute atomic E-state index is 12.8. The lowest BCUT2D eigenvalue weighted by Gasteiger charge is -2.12. The van der Waals surface area contributed by atoms with Crippen LogP contribution < -0.4 is 0 Å². The van der Waals surface area contributed by atoms with Crippen LogP contribution in [0.1, 0.15) is 233 Å². The van der Waals surface area contributed by atoms with Crippen molar-refractivity contribution >= 4 is 11.9 Å². The molecule has 0 aliphatic heterocycles. The Morgan fingerprint density at radius 1 is 0.500 bits per heavy atom. The van der Waals surface area contributed by atoms with Crippen LogP contribution in [-0.2, 0) is 11.2 Å². The van der Waals surface area contributed by atoms with Gasteiger partial charge in [0.1, 0.15) is 0 Å². The van der Waals surface area contributed by atoms with Gasteiger partial charge < -0.3 is 9.84 Å². The molecule has 0 radical (unpaired) electrons. The largest absolute Gasteiger partial charge is 0.478 e. The second-order valence-corrected chi connectivity index (χ2v) is 13.9. The van der Waals surface area contributed by atoms with Gasteiger partial charge >= 0.3 is 11.9 Å². The van der Waals surface area contributed by atoms with E-state index in [0.717, 1.165) is 31.2 Å². The zero-order chi connectivity index (χ0) is 33.3. The molecule has 0 aromatic heterocycles. The van der Waals surface area contributed by atoms with E-state index in [4.69, 9.17) is 4.74 Å². The summed E-state index contributed by atoms with van der Waals surface area (Å²) in [7, 11) is 0. The first-order chi connectivity index (χ1) is 22.6. The number of carboxylic acid groups (broad SMARTS) is 1. The highest BCUT2D eigenvalue weighted by Crippen LogP contribution is 2.21. The summed E-state index contributed by atoms with van der Waals surface area (Å²) >= 11 is 0. The van der Waals surface area contributed by atoms with Crippen molar-refractivity contribution < 1.29 is 19.4 Å². The van der Waals surface area contributed by atoms with Gasteiger partial charge in [0.2, 0.25) is 0 Å². The Hall–Kier alpha value is -1.84. The minimum absolute atomic E-state index is 0.134. The van der Waals surface area contributed by atoms with E-state index >= 15 is 0 Å². The number of carboxylic acids is 1. The Labute approximate surface area is 285 Å². The van der Waals surface area contributed by atoms with Gasteiger partial charge in [0.05, 0.1) is 17.7 Å².